The summed E-state index contributed by atoms with van der Waals surface area (Å²) in [7, 11) is 0. The number of aromatic amines is 1. The van der Waals surface area contributed by atoms with Gasteiger partial charge in [-0.05, 0) is 50.7 Å². The number of hydrogen-bond acceptors (Lipinski definition) is 4. The first-order valence-electron chi connectivity index (χ1n) is 5.32. The first kappa shape index (κ1) is 12.7. The third kappa shape index (κ3) is 2.52. The van der Waals surface area contributed by atoms with E-state index in [2.05, 4.69) is 58.5 Å². The minimum atomic E-state index is -0.293. The monoisotopic (exact) mass is 428 g/mol. The molecule has 3 aromatic rings. The van der Waals surface area contributed by atoms with Gasteiger partial charge in [0.1, 0.15) is 10.4 Å². The van der Waals surface area contributed by atoms with E-state index >= 15 is 0 Å². The Hall–Kier alpha value is -1.35. The second kappa shape index (κ2) is 4.97. The summed E-state index contributed by atoms with van der Waals surface area (Å²) in [6, 6.07) is 7.71. The number of H-pyrrole nitrogens is 1. The van der Waals surface area contributed by atoms with Crippen molar-refractivity contribution in [3.8, 4) is 11.4 Å². The van der Waals surface area contributed by atoms with Gasteiger partial charge in [-0.15, -0.1) is 0 Å². The quantitative estimate of drug-likeness (QED) is 0.605. The highest BCUT2D eigenvalue weighted by molar-refractivity contribution is 14.1. The van der Waals surface area contributed by atoms with E-state index in [4.69, 9.17) is 0 Å². The second-order valence-electron chi connectivity index (χ2n) is 3.79. The maximum absolute atomic E-state index is 12.0. The Labute approximate surface area is 129 Å². The molecular formula is C12H6BrIN4O. The van der Waals surface area contributed by atoms with E-state index in [1.165, 1.54) is 6.20 Å². The maximum atomic E-state index is 12.0. The van der Waals surface area contributed by atoms with Crippen LogP contribution in [-0.2, 0) is 0 Å². The minimum Gasteiger partial charge on any atom is -0.305 e. The number of halogens is 2. The van der Waals surface area contributed by atoms with Gasteiger partial charge in [0.25, 0.3) is 5.56 Å². The lowest BCUT2D eigenvalue weighted by molar-refractivity contribution is 1.10. The summed E-state index contributed by atoms with van der Waals surface area (Å²) >= 11 is 5.43. The summed E-state index contributed by atoms with van der Waals surface area (Å²) in [4.78, 5) is 27.2. The number of benzene rings is 1. The van der Waals surface area contributed by atoms with Crippen LogP contribution in [0.1, 0.15) is 0 Å². The third-order valence-corrected chi connectivity index (χ3v) is 3.54. The van der Waals surface area contributed by atoms with Crippen molar-refractivity contribution >= 4 is 49.7 Å². The third-order valence-electron chi connectivity index (χ3n) is 2.49. The van der Waals surface area contributed by atoms with E-state index in [0.29, 0.717) is 16.1 Å². The van der Waals surface area contributed by atoms with Gasteiger partial charge in [-0.3, -0.25) is 4.79 Å². The van der Waals surface area contributed by atoms with Gasteiger partial charge < -0.3 is 4.98 Å². The highest BCUT2D eigenvalue weighted by Crippen LogP contribution is 2.18. The molecule has 0 saturated heterocycles. The van der Waals surface area contributed by atoms with Gasteiger partial charge in [0.15, 0.2) is 11.2 Å². The van der Waals surface area contributed by atoms with Crippen LogP contribution in [0.15, 0.2) is 39.9 Å². The van der Waals surface area contributed by atoms with Crippen molar-refractivity contribution in [2.75, 3.05) is 0 Å². The zero-order valence-corrected chi connectivity index (χ0v) is 13.1. The fourth-order valence-corrected chi connectivity index (χ4v) is 2.48. The van der Waals surface area contributed by atoms with Crippen LogP contribution in [0.2, 0.25) is 0 Å². The van der Waals surface area contributed by atoms with Crippen LogP contribution in [0, 0.1) is 3.57 Å². The Balaban J connectivity index is 2.28. The van der Waals surface area contributed by atoms with Crippen molar-refractivity contribution in [3.63, 3.8) is 0 Å². The molecule has 1 N–H and O–H groups in total. The number of nitrogens with one attached hydrogen (secondary N) is 1. The van der Waals surface area contributed by atoms with Gasteiger partial charge in [-0.1, -0.05) is 12.1 Å². The predicted octanol–water partition coefficient (Wildman–Crippen LogP) is 2.75. The molecule has 0 amide bonds. The molecule has 0 unspecified atom stereocenters. The highest BCUT2D eigenvalue weighted by atomic mass is 127. The minimum absolute atomic E-state index is 0.234. The predicted molar refractivity (Wildman–Crippen MR) is 83.8 cm³/mol. The van der Waals surface area contributed by atoms with Gasteiger partial charge in [-0.2, -0.15) is 0 Å². The topological polar surface area (TPSA) is 71.5 Å². The lowest BCUT2D eigenvalue weighted by atomic mass is 10.2. The zero-order chi connectivity index (χ0) is 13.4. The van der Waals surface area contributed by atoms with Crippen molar-refractivity contribution < 1.29 is 0 Å². The van der Waals surface area contributed by atoms with Gasteiger partial charge >= 0.3 is 0 Å². The van der Waals surface area contributed by atoms with E-state index in [1.54, 1.807) is 0 Å². The first-order chi connectivity index (χ1) is 9.13. The van der Waals surface area contributed by atoms with Gasteiger partial charge in [0.2, 0.25) is 0 Å². The number of hydrogen-bond donors (Lipinski definition) is 1. The molecule has 19 heavy (non-hydrogen) atoms. The SMILES string of the molecule is O=c1[nH]c(-c2cccc(I)c2)nc2nc(Br)cnc12. The molecule has 0 saturated carbocycles. The van der Waals surface area contributed by atoms with Crippen LogP contribution >= 0.6 is 38.5 Å². The Bertz CT molecular complexity index is 833. The molecule has 2 heterocycles. The first-order valence-corrected chi connectivity index (χ1v) is 7.19. The van der Waals surface area contributed by atoms with Crippen molar-refractivity contribution in [3.05, 3.63) is 49.0 Å². The average Bonchev–Trinajstić information content (AvgIpc) is 2.38. The van der Waals surface area contributed by atoms with E-state index in [9.17, 15) is 4.79 Å². The zero-order valence-electron chi connectivity index (χ0n) is 9.39. The van der Waals surface area contributed by atoms with Gasteiger partial charge in [0, 0.05) is 9.13 Å². The number of aromatic nitrogens is 4. The summed E-state index contributed by atoms with van der Waals surface area (Å²) < 4.78 is 1.62. The Morgan fingerprint density at radius 3 is 2.89 bits per heavy atom. The van der Waals surface area contributed by atoms with Crippen LogP contribution < -0.4 is 5.56 Å². The van der Waals surface area contributed by atoms with Gasteiger partial charge in [0.05, 0.1) is 6.20 Å². The van der Waals surface area contributed by atoms with E-state index in [-0.39, 0.29) is 11.1 Å². The Morgan fingerprint density at radius 2 is 2.11 bits per heavy atom. The van der Waals surface area contributed by atoms with Crippen LogP contribution in [0.3, 0.4) is 0 Å². The second-order valence-corrected chi connectivity index (χ2v) is 5.85. The maximum Gasteiger partial charge on any atom is 0.279 e. The van der Waals surface area contributed by atoms with Crippen LogP contribution in [-0.4, -0.2) is 19.9 Å². The number of fused-ring (bicyclic) bond motifs is 1. The number of nitrogens with zero attached hydrogens (tertiary/aromatic N) is 3. The molecule has 0 fully saturated rings. The van der Waals surface area contributed by atoms with Gasteiger partial charge in [-0.25, -0.2) is 15.0 Å². The summed E-state index contributed by atoms with van der Waals surface area (Å²) in [5, 5.41) is 0. The molecule has 0 radical (unpaired) electrons. The smallest absolute Gasteiger partial charge is 0.279 e. The molecule has 0 spiro atoms. The standard InChI is InChI=1S/C12H6BrIN4O/c13-8-5-15-9-11(16-8)17-10(18-12(9)19)6-2-1-3-7(14)4-6/h1-5H,(H,16,17,18,19). The summed E-state index contributed by atoms with van der Waals surface area (Å²) in [6.45, 7) is 0. The van der Waals surface area contributed by atoms with E-state index in [0.717, 1.165) is 9.13 Å². The van der Waals surface area contributed by atoms with Crippen LogP contribution in [0.25, 0.3) is 22.6 Å². The molecular weight excluding hydrogens is 423 g/mol. The molecule has 5 nitrogen and oxygen atoms in total. The molecule has 94 valence electrons. The average molecular weight is 429 g/mol. The van der Waals surface area contributed by atoms with Crippen molar-refractivity contribution in [1.29, 1.82) is 0 Å². The van der Waals surface area contributed by atoms with Crippen molar-refractivity contribution in [1.82, 2.24) is 19.9 Å². The summed E-state index contributed by atoms with van der Waals surface area (Å²) in [5.74, 6) is 0.489. The molecule has 3 rings (SSSR count). The fourth-order valence-electron chi connectivity index (χ4n) is 1.67. The van der Waals surface area contributed by atoms with Crippen LogP contribution in [0.5, 0.6) is 0 Å². The molecule has 2 aromatic heterocycles. The van der Waals surface area contributed by atoms with Crippen LogP contribution in [0.4, 0.5) is 0 Å². The lowest BCUT2D eigenvalue weighted by Crippen LogP contribution is -2.12. The Kier molecular flexibility index (Phi) is 3.31. The van der Waals surface area contributed by atoms with E-state index in [1.807, 2.05) is 24.3 Å². The lowest BCUT2D eigenvalue weighted by Gasteiger charge is -2.03. The normalized spacial score (nSPS) is 10.8. The molecule has 0 aliphatic rings. The molecule has 0 atom stereocenters. The largest absolute Gasteiger partial charge is 0.305 e. The molecule has 0 aliphatic heterocycles. The summed E-state index contributed by atoms with van der Waals surface area (Å²) in [5.41, 5.74) is 1.11. The molecule has 0 aliphatic carbocycles. The molecule has 0 bridgehead atoms. The van der Waals surface area contributed by atoms with E-state index < -0.39 is 0 Å². The highest BCUT2D eigenvalue weighted by Gasteiger charge is 2.08. The number of rotatable bonds is 1. The molecule has 1 aromatic carbocycles. The summed E-state index contributed by atoms with van der Waals surface area (Å²) in [6.07, 6.45) is 1.48. The van der Waals surface area contributed by atoms with Crippen molar-refractivity contribution in [2.45, 2.75) is 0 Å². The molecule has 7 heteroatoms. The van der Waals surface area contributed by atoms with Crippen molar-refractivity contribution in [2.24, 2.45) is 0 Å². The fraction of sp³-hybridized carbons (Fsp3) is 0. The Morgan fingerprint density at radius 1 is 1.26 bits per heavy atom.